The average molecular weight is 395 g/mol. The summed E-state index contributed by atoms with van der Waals surface area (Å²) < 4.78 is 6.08. The number of nitriles is 1. The van der Waals surface area contributed by atoms with Gasteiger partial charge in [0.2, 0.25) is 0 Å². The van der Waals surface area contributed by atoms with Crippen molar-refractivity contribution in [3.63, 3.8) is 0 Å². The highest BCUT2D eigenvalue weighted by Crippen LogP contribution is 2.35. The third-order valence-corrected chi connectivity index (χ3v) is 6.10. The fourth-order valence-corrected chi connectivity index (χ4v) is 4.39. The molecule has 2 atom stereocenters. The van der Waals surface area contributed by atoms with Gasteiger partial charge in [-0.2, -0.15) is 5.26 Å². The van der Waals surface area contributed by atoms with Gasteiger partial charge < -0.3 is 9.64 Å². The molecule has 1 fully saturated rings. The highest BCUT2D eigenvalue weighted by atomic mass is 35.5. The Hall–Kier alpha value is -2.51. The van der Waals surface area contributed by atoms with E-state index in [0.717, 1.165) is 30.4 Å². The number of carbonyl (C=O) groups excluding carboxylic acids is 1. The van der Waals surface area contributed by atoms with Crippen LogP contribution in [-0.4, -0.2) is 23.0 Å². The molecule has 0 N–H and O–H groups in total. The Morgan fingerprint density at radius 3 is 2.75 bits per heavy atom. The number of hydrogen-bond donors (Lipinski definition) is 0. The number of halogens is 1. The largest absolute Gasteiger partial charge is 0.490 e. The van der Waals surface area contributed by atoms with Crippen molar-refractivity contribution in [3.8, 4) is 11.8 Å². The van der Waals surface area contributed by atoms with E-state index >= 15 is 0 Å². The van der Waals surface area contributed by atoms with Crippen LogP contribution in [0.1, 0.15) is 66.1 Å². The first-order chi connectivity index (χ1) is 13.5. The van der Waals surface area contributed by atoms with Gasteiger partial charge >= 0.3 is 0 Å². The van der Waals surface area contributed by atoms with Crippen LogP contribution in [0.3, 0.4) is 0 Å². The van der Waals surface area contributed by atoms with Crippen molar-refractivity contribution in [2.24, 2.45) is 0 Å². The minimum absolute atomic E-state index is 0.0525. The number of fused-ring (bicyclic) bond motifs is 1. The molecule has 4 nitrogen and oxygen atoms in total. The van der Waals surface area contributed by atoms with Crippen molar-refractivity contribution in [1.29, 1.82) is 5.26 Å². The summed E-state index contributed by atoms with van der Waals surface area (Å²) in [5, 5.41) is 9.39. The Morgan fingerprint density at radius 1 is 1.21 bits per heavy atom. The molecule has 5 heteroatoms. The van der Waals surface area contributed by atoms with Gasteiger partial charge in [0, 0.05) is 30.6 Å². The summed E-state index contributed by atoms with van der Waals surface area (Å²) in [5.41, 5.74) is 3.70. The number of nitrogens with zero attached hydrogens (tertiary/aromatic N) is 2. The van der Waals surface area contributed by atoms with Crippen LogP contribution in [0.25, 0.3) is 0 Å². The maximum atomic E-state index is 12.9. The van der Waals surface area contributed by atoms with E-state index in [2.05, 4.69) is 32.0 Å². The van der Waals surface area contributed by atoms with Crippen LogP contribution in [0.4, 0.5) is 0 Å². The van der Waals surface area contributed by atoms with Gasteiger partial charge in [0.1, 0.15) is 17.9 Å². The molecule has 1 aliphatic heterocycles. The molecular weight excluding hydrogens is 372 g/mol. The van der Waals surface area contributed by atoms with Crippen LogP contribution in [0.5, 0.6) is 5.75 Å². The minimum atomic E-state index is 0.0525. The smallest absolute Gasteiger partial charge is 0.254 e. The summed E-state index contributed by atoms with van der Waals surface area (Å²) in [6.07, 6.45) is 2.70. The standard InChI is InChI=1S/C23H23ClN2O2/c1-14(2)15-4-8-21-17(9-15)13-26(23(21)27)18-5-7-19(10-18)28-20-6-3-16(12-25)22(24)11-20/h3-4,6,8-9,11,14,18-19H,5,7,10,13H2,1-2H3/t18-,19-/m1/s1. The highest BCUT2D eigenvalue weighted by molar-refractivity contribution is 6.31. The molecule has 1 amide bonds. The summed E-state index contributed by atoms with van der Waals surface area (Å²) in [7, 11) is 0. The summed E-state index contributed by atoms with van der Waals surface area (Å²) in [4.78, 5) is 14.9. The van der Waals surface area contributed by atoms with E-state index in [4.69, 9.17) is 21.6 Å². The first-order valence-corrected chi connectivity index (χ1v) is 10.1. The predicted octanol–water partition coefficient (Wildman–Crippen LogP) is 5.29. The molecule has 4 rings (SSSR count). The summed E-state index contributed by atoms with van der Waals surface area (Å²) in [6.45, 7) is 5.03. The van der Waals surface area contributed by atoms with E-state index in [1.807, 2.05) is 11.0 Å². The van der Waals surface area contributed by atoms with Crippen molar-refractivity contribution in [2.45, 2.75) is 57.7 Å². The van der Waals surface area contributed by atoms with E-state index in [1.165, 1.54) is 5.56 Å². The van der Waals surface area contributed by atoms with Crippen LogP contribution in [0, 0.1) is 11.3 Å². The molecule has 0 unspecified atom stereocenters. The number of rotatable bonds is 4. The molecule has 1 heterocycles. The molecule has 2 aromatic carbocycles. The Bertz CT molecular complexity index is 964. The highest BCUT2D eigenvalue weighted by Gasteiger charge is 2.37. The first-order valence-electron chi connectivity index (χ1n) is 9.76. The van der Waals surface area contributed by atoms with Gasteiger partial charge in [-0.25, -0.2) is 0 Å². The Morgan fingerprint density at radius 2 is 2.04 bits per heavy atom. The Labute approximate surface area is 170 Å². The molecule has 144 valence electrons. The lowest BCUT2D eigenvalue weighted by atomic mass is 9.98. The summed E-state index contributed by atoms with van der Waals surface area (Å²) in [5.74, 6) is 1.27. The first kappa shape index (κ1) is 18.8. The van der Waals surface area contributed by atoms with E-state index in [0.29, 0.717) is 28.8 Å². The predicted molar refractivity (Wildman–Crippen MR) is 109 cm³/mol. The maximum absolute atomic E-state index is 12.9. The quantitative estimate of drug-likeness (QED) is 0.707. The molecule has 1 aliphatic carbocycles. The second kappa shape index (κ2) is 7.48. The number of ether oxygens (including phenoxy) is 1. The van der Waals surface area contributed by atoms with E-state index in [1.54, 1.807) is 18.2 Å². The monoisotopic (exact) mass is 394 g/mol. The number of amides is 1. The Balaban J connectivity index is 1.42. The van der Waals surface area contributed by atoms with E-state index in [9.17, 15) is 4.79 Å². The molecule has 28 heavy (non-hydrogen) atoms. The average Bonchev–Trinajstić information content (AvgIpc) is 3.26. The van der Waals surface area contributed by atoms with Gasteiger partial charge in [0.15, 0.2) is 0 Å². The zero-order valence-corrected chi connectivity index (χ0v) is 16.9. The SMILES string of the molecule is CC(C)c1ccc2c(c1)CN([C@@H]1CC[C@@H](Oc3ccc(C#N)c(Cl)c3)C1)C2=O. The molecule has 0 aromatic heterocycles. The van der Waals surface area contributed by atoms with Gasteiger partial charge in [-0.1, -0.05) is 37.6 Å². The van der Waals surface area contributed by atoms with Crippen molar-refractivity contribution in [3.05, 3.63) is 63.7 Å². The molecule has 0 saturated heterocycles. The van der Waals surface area contributed by atoms with Crippen LogP contribution in [0.2, 0.25) is 5.02 Å². The second-order valence-corrected chi connectivity index (χ2v) is 8.37. The summed E-state index contributed by atoms with van der Waals surface area (Å²) >= 11 is 6.10. The molecule has 0 radical (unpaired) electrons. The molecule has 1 saturated carbocycles. The zero-order valence-electron chi connectivity index (χ0n) is 16.1. The van der Waals surface area contributed by atoms with E-state index < -0.39 is 0 Å². The normalized spacial score (nSPS) is 21.1. The second-order valence-electron chi connectivity index (χ2n) is 7.96. The molecule has 0 spiro atoms. The Kier molecular flexibility index (Phi) is 5.03. The number of benzene rings is 2. The van der Waals surface area contributed by atoms with E-state index in [-0.39, 0.29) is 18.1 Å². The molecule has 2 aromatic rings. The lowest BCUT2D eigenvalue weighted by Crippen LogP contribution is -2.34. The lowest BCUT2D eigenvalue weighted by Gasteiger charge is -2.24. The van der Waals surface area contributed by atoms with Gasteiger partial charge in [0.05, 0.1) is 10.6 Å². The van der Waals surface area contributed by atoms with Crippen LogP contribution >= 0.6 is 11.6 Å². The third-order valence-electron chi connectivity index (χ3n) is 5.79. The lowest BCUT2D eigenvalue weighted by molar-refractivity contribution is 0.0694. The van der Waals surface area contributed by atoms with Crippen molar-refractivity contribution >= 4 is 17.5 Å². The fourth-order valence-electron chi connectivity index (χ4n) is 4.18. The van der Waals surface area contributed by atoms with Crippen LogP contribution in [0.15, 0.2) is 36.4 Å². The van der Waals surface area contributed by atoms with Gasteiger partial charge in [-0.3, -0.25) is 4.79 Å². The van der Waals surface area contributed by atoms with Gasteiger partial charge in [-0.05, 0) is 48.1 Å². The third kappa shape index (κ3) is 3.47. The molecule has 2 aliphatic rings. The zero-order chi connectivity index (χ0) is 19.8. The minimum Gasteiger partial charge on any atom is -0.490 e. The number of hydrogen-bond acceptors (Lipinski definition) is 3. The molecular formula is C23H23ClN2O2. The van der Waals surface area contributed by atoms with Crippen molar-refractivity contribution < 1.29 is 9.53 Å². The molecule has 0 bridgehead atoms. The van der Waals surface area contributed by atoms with Crippen LogP contribution in [-0.2, 0) is 6.54 Å². The maximum Gasteiger partial charge on any atom is 0.254 e. The topological polar surface area (TPSA) is 53.3 Å². The fraction of sp³-hybridized carbons (Fsp3) is 0.391. The van der Waals surface area contributed by atoms with Crippen molar-refractivity contribution in [1.82, 2.24) is 4.90 Å². The van der Waals surface area contributed by atoms with Gasteiger partial charge in [-0.15, -0.1) is 0 Å². The van der Waals surface area contributed by atoms with Crippen LogP contribution < -0.4 is 4.74 Å². The summed E-state index contributed by atoms with van der Waals surface area (Å²) in [6, 6.07) is 13.6. The van der Waals surface area contributed by atoms with Gasteiger partial charge in [0.25, 0.3) is 5.91 Å². The van der Waals surface area contributed by atoms with Crippen molar-refractivity contribution in [2.75, 3.05) is 0 Å². The number of carbonyl (C=O) groups is 1.